The summed E-state index contributed by atoms with van der Waals surface area (Å²) in [5, 5.41) is 5.87. The molecule has 0 saturated carbocycles. The molecule has 0 aromatic heterocycles. The van der Waals surface area contributed by atoms with E-state index >= 15 is 0 Å². The molecule has 0 aliphatic heterocycles. The van der Waals surface area contributed by atoms with Crippen LogP contribution in [-0.4, -0.2) is 17.9 Å². The fraction of sp³-hybridized carbons (Fsp3) is 0.167. The van der Waals surface area contributed by atoms with E-state index in [9.17, 15) is 9.59 Å². The van der Waals surface area contributed by atoms with E-state index in [-0.39, 0.29) is 17.9 Å². The number of anilines is 1. The molecule has 4 nitrogen and oxygen atoms in total. The molecule has 1 unspecified atom stereocenters. The number of benzene rings is 3. The molecule has 3 aromatic rings. The maximum atomic E-state index is 12.5. The third-order valence-electron chi connectivity index (χ3n) is 4.61. The van der Waals surface area contributed by atoms with Gasteiger partial charge in [0.1, 0.15) is 0 Å². The minimum Gasteiger partial charge on any atom is -0.350 e. The van der Waals surface area contributed by atoms with Crippen LogP contribution < -0.4 is 10.6 Å². The molecule has 0 heterocycles. The van der Waals surface area contributed by atoms with Crippen LogP contribution >= 0.6 is 15.9 Å². The van der Waals surface area contributed by atoms with Crippen molar-refractivity contribution in [3.63, 3.8) is 0 Å². The average Bonchev–Trinajstić information content (AvgIpc) is 2.74. The van der Waals surface area contributed by atoms with Gasteiger partial charge in [0.05, 0.1) is 5.56 Å². The van der Waals surface area contributed by atoms with Crippen molar-refractivity contribution >= 4 is 33.4 Å². The van der Waals surface area contributed by atoms with Crippen LogP contribution in [0, 0.1) is 0 Å². The standard InChI is InChI=1S/C24H23BrN2O2/c1-17(11-12-18-7-3-2-4-8-18)26-23(28)19-13-15-20(16-14-19)27-24(29)21-9-5-6-10-22(21)25/h2-10,13-17H,11-12H2,1H3,(H,26,28)(H,27,29). The van der Waals surface area contributed by atoms with E-state index in [1.165, 1.54) is 5.56 Å². The quantitative estimate of drug-likeness (QED) is 0.502. The highest BCUT2D eigenvalue weighted by Crippen LogP contribution is 2.18. The van der Waals surface area contributed by atoms with Gasteiger partial charge in [-0.25, -0.2) is 0 Å². The highest BCUT2D eigenvalue weighted by Gasteiger charge is 2.12. The summed E-state index contributed by atoms with van der Waals surface area (Å²) in [5.41, 5.74) is 3.02. The smallest absolute Gasteiger partial charge is 0.256 e. The van der Waals surface area contributed by atoms with E-state index in [1.807, 2.05) is 43.3 Å². The van der Waals surface area contributed by atoms with Gasteiger partial charge in [0.15, 0.2) is 0 Å². The molecule has 0 fully saturated rings. The lowest BCUT2D eigenvalue weighted by Gasteiger charge is -2.14. The minimum absolute atomic E-state index is 0.0671. The summed E-state index contributed by atoms with van der Waals surface area (Å²) in [6, 6.07) is 24.4. The van der Waals surface area contributed by atoms with E-state index in [4.69, 9.17) is 0 Å². The number of halogens is 1. The van der Waals surface area contributed by atoms with Crippen LogP contribution in [0.3, 0.4) is 0 Å². The third kappa shape index (κ3) is 6.03. The Hall–Kier alpha value is -2.92. The van der Waals surface area contributed by atoms with Gasteiger partial charge < -0.3 is 10.6 Å². The first kappa shape index (κ1) is 20.8. The maximum absolute atomic E-state index is 12.5. The lowest BCUT2D eigenvalue weighted by atomic mass is 10.1. The van der Waals surface area contributed by atoms with Crippen LogP contribution in [-0.2, 0) is 6.42 Å². The molecule has 0 spiro atoms. The molecule has 0 aliphatic rings. The van der Waals surface area contributed by atoms with Crippen molar-refractivity contribution in [1.82, 2.24) is 5.32 Å². The number of hydrogen-bond acceptors (Lipinski definition) is 2. The van der Waals surface area contributed by atoms with Crippen LogP contribution in [0.1, 0.15) is 39.6 Å². The zero-order chi connectivity index (χ0) is 20.6. The Morgan fingerprint density at radius 2 is 1.52 bits per heavy atom. The molecule has 0 bridgehead atoms. The zero-order valence-corrected chi connectivity index (χ0v) is 17.8. The molecule has 3 rings (SSSR count). The Kier molecular flexibility index (Phi) is 7.19. The number of carbonyl (C=O) groups is 2. The van der Waals surface area contributed by atoms with Gasteiger partial charge in [-0.05, 0) is 77.7 Å². The largest absolute Gasteiger partial charge is 0.350 e. The Morgan fingerprint density at radius 1 is 0.862 bits per heavy atom. The molecule has 0 saturated heterocycles. The number of carbonyl (C=O) groups excluding carboxylic acids is 2. The molecule has 2 N–H and O–H groups in total. The van der Waals surface area contributed by atoms with Crippen molar-refractivity contribution in [2.75, 3.05) is 5.32 Å². The summed E-state index contributed by atoms with van der Waals surface area (Å²) in [5.74, 6) is -0.321. The second kappa shape index (κ2) is 10.0. The average molecular weight is 451 g/mol. The Morgan fingerprint density at radius 3 is 2.21 bits per heavy atom. The minimum atomic E-state index is -0.204. The van der Waals surface area contributed by atoms with Crippen LogP contribution in [0.25, 0.3) is 0 Å². The number of nitrogens with one attached hydrogen (secondary N) is 2. The number of aryl methyl sites for hydroxylation is 1. The summed E-state index contributed by atoms with van der Waals surface area (Å²) in [6.07, 6.45) is 1.79. The van der Waals surface area contributed by atoms with Gasteiger partial charge in [0, 0.05) is 21.8 Å². The topological polar surface area (TPSA) is 58.2 Å². The molecule has 1 atom stereocenters. The second-order valence-electron chi connectivity index (χ2n) is 6.91. The maximum Gasteiger partial charge on any atom is 0.256 e. The molecule has 29 heavy (non-hydrogen) atoms. The van der Waals surface area contributed by atoms with E-state index in [1.54, 1.807) is 30.3 Å². The predicted octanol–water partition coefficient (Wildman–Crippen LogP) is 5.45. The van der Waals surface area contributed by atoms with Gasteiger partial charge in [-0.2, -0.15) is 0 Å². The van der Waals surface area contributed by atoms with Crippen molar-refractivity contribution in [2.24, 2.45) is 0 Å². The first-order chi connectivity index (χ1) is 14.0. The van der Waals surface area contributed by atoms with Crippen LogP contribution in [0.5, 0.6) is 0 Å². The Balaban J connectivity index is 1.53. The predicted molar refractivity (Wildman–Crippen MR) is 120 cm³/mol. The highest BCUT2D eigenvalue weighted by atomic mass is 79.9. The molecular formula is C24H23BrN2O2. The molecule has 3 aromatic carbocycles. The normalized spacial score (nSPS) is 11.5. The molecule has 148 valence electrons. The molecule has 2 amide bonds. The van der Waals surface area contributed by atoms with Crippen molar-refractivity contribution in [2.45, 2.75) is 25.8 Å². The van der Waals surface area contributed by atoms with Crippen molar-refractivity contribution < 1.29 is 9.59 Å². The van der Waals surface area contributed by atoms with E-state index in [0.29, 0.717) is 16.8 Å². The summed E-state index contributed by atoms with van der Waals surface area (Å²) in [6.45, 7) is 2.01. The van der Waals surface area contributed by atoms with Gasteiger partial charge >= 0.3 is 0 Å². The lowest BCUT2D eigenvalue weighted by molar-refractivity contribution is 0.0938. The van der Waals surface area contributed by atoms with Crippen molar-refractivity contribution in [3.8, 4) is 0 Å². The molecule has 0 radical (unpaired) electrons. The molecule has 0 aliphatic carbocycles. The highest BCUT2D eigenvalue weighted by molar-refractivity contribution is 9.10. The summed E-state index contributed by atoms with van der Waals surface area (Å²) < 4.78 is 0.734. The van der Waals surface area contributed by atoms with Gasteiger partial charge in [-0.15, -0.1) is 0 Å². The molecular weight excluding hydrogens is 428 g/mol. The number of hydrogen-bond donors (Lipinski definition) is 2. The van der Waals surface area contributed by atoms with Gasteiger partial charge in [0.2, 0.25) is 0 Å². The van der Waals surface area contributed by atoms with E-state index in [0.717, 1.165) is 17.3 Å². The number of rotatable bonds is 7. The fourth-order valence-electron chi connectivity index (χ4n) is 2.96. The summed E-state index contributed by atoms with van der Waals surface area (Å²) in [7, 11) is 0. The SMILES string of the molecule is CC(CCc1ccccc1)NC(=O)c1ccc(NC(=O)c2ccccc2Br)cc1. The van der Waals surface area contributed by atoms with Crippen LogP contribution in [0.15, 0.2) is 83.3 Å². The second-order valence-corrected chi connectivity index (χ2v) is 7.76. The lowest BCUT2D eigenvalue weighted by Crippen LogP contribution is -2.32. The third-order valence-corrected chi connectivity index (χ3v) is 5.30. The Bertz CT molecular complexity index is 972. The van der Waals surface area contributed by atoms with Crippen molar-refractivity contribution in [3.05, 3.63) is 100 Å². The van der Waals surface area contributed by atoms with Gasteiger partial charge in [-0.1, -0.05) is 42.5 Å². The molecule has 5 heteroatoms. The van der Waals surface area contributed by atoms with Crippen LogP contribution in [0.2, 0.25) is 0 Å². The number of amides is 2. The zero-order valence-electron chi connectivity index (χ0n) is 16.2. The monoisotopic (exact) mass is 450 g/mol. The van der Waals surface area contributed by atoms with E-state index in [2.05, 4.69) is 38.7 Å². The van der Waals surface area contributed by atoms with Crippen LogP contribution in [0.4, 0.5) is 5.69 Å². The first-order valence-electron chi connectivity index (χ1n) is 9.53. The Labute approximate surface area is 179 Å². The fourth-order valence-corrected chi connectivity index (χ4v) is 3.42. The van der Waals surface area contributed by atoms with Gasteiger partial charge in [0.25, 0.3) is 11.8 Å². The van der Waals surface area contributed by atoms with Gasteiger partial charge in [-0.3, -0.25) is 9.59 Å². The summed E-state index contributed by atoms with van der Waals surface area (Å²) >= 11 is 3.38. The first-order valence-corrected chi connectivity index (χ1v) is 10.3. The summed E-state index contributed by atoms with van der Waals surface area (Å²) in [4.78, 5) is 24.8. The van der Waals surface area contributed by atoms with Crippen molar-refractivity contribution in [1.29, 1.82) is 0 Å². The van der Waals surface area contributed by atoms with E-state index < -0.39 is 0 Å².